The summed E-state index contributed by atoms with van der Waals surface area (Å²) < 4.78 is 77.2. The number of halogens is 5. The molecule has 226 valence electrons. The van der Waals surface area contributed by atoms with E-state index in [1.54, 1.807) is 12.3 Å². The summed E-state index contributed by atoms with van der Waals surface area (Å²) in [6, 6.07) is -0.0404. The van der Waals surface area contributed by atoms with Crippen LogP contribution in [0.3, 0.4) is 0 Å². The first-order chi connectivity index (χ1) is 19.8. The number of nitrogens with zero attached hydrogens (tertiary/aromatic N) is 6. The summed E-state index contributed by atoms with van der Waals surface area (Å²) in [6.07, 6.45) is 4.32. The summed E-state index contributed by atoms with van der Waals surface area (Å²) >= 11 is 0. The van der Waals surface area contributed by atoms with Crippen LogP contribution in [0.5, 0.6) is 0 Å². The Morgan fingerprint density at radius 1 is 1.17 bits per heavy atom. The van der Waals surface area contributed by atoms with Gasteiger partial charge in [0.2, 0.25) is 5.92 Å². The van der Waals surface area contributed by atoms with Crippen molar-refractivity contribution in [2.75, 3.05) is 13.1 Å². The van der Waals surface area contributed by atoms with Gasteiger partial charge in [-0.1, -0.05) is 5.16 Å². The molecule has 1 aliphatic heterocycles. The molecular formula is C26H29F5N8O3. The summed E-state index contributed by atoms with van der Waals surface area (Å²) in [5.41, 5.74) is -1.37. The van der Waals surface area contributed by atoms with Crippen molar-refractivity contribution in [3.63, 3.8) is 0 Å². The van der Waals surface area contributed by atoms with Crippen LogP contribution < -0.4 is 10.6 Å². The number of alkyl halides is 5. The zero-order valence-corrected chi connectivity index (χ0v) is 22.6. The molecule has 0 aromatic carbocycles. The highest BCUT2D eigenvalue weighted by atomic mass is 19.3. The SMILES string of the molecule is CC1(F)CN(Cc2cnn3cc(C(NC(=O)c4nonc4C4CC4)C4CCC(F)(F)CC4)nc3c2)C(=O)NCC1(F)F. The Hall–Kier alpha value is -3.85. The molecule has 2 aliphatic carbocycles. The molecule has 3 amide bonds. The Bertz CT molecular complexity index is 1490. The second kappa shape index (κ2) is 10.2. The smallest absolute Gasteiger partial charge is 0.318 e. The molecule has 2 saturated carbocycles. The van der Waals surface area contributed by atoms with Crippen LogP contribution >= 0.6 is 0 Å². The summed E-state index contributed by atoms with van der Waals surface area (Å²) in [5, 5.41) is 16.9. The summed E-state index contributed by atoms with van der Waals surface area (Å²) in [5.74, 6) is -7.35. The number of hydrogen-bond acceptors (Lipinski definition) is 7. The lowest BCUT2D eigenvalue weighted by molar-refractivity contribution is -0.124. The molecule has 3 fully saturated rings. The van der Waals surface area contributed by atoms with E-state index in [0.29, 0.717) is 22.6 Å². The summed E-state index contributed by atoms with van der Waals surface area (Å²) in [6.45, 7) is -1.42. The van der Waals surface area contributed by atoms with Crippen molar-refractivity contribution in [1.82, 2.24) is 40.4 Å². The van der Waals surface area contributed by atoms with Gasteiger partial charge in [-0.25, -0.2) is 40.9 Å². The number of rotatable bonds is 7. The second-order valence-corrected chi connectivity index (χ2v) is 11.7. The van der Waals surface area contributed by atoms with Gasteiger partial charge < -0.3 is 15.5 Å². The molecular weight excluding hydrogens is 567 g/mol. The van der Waals surface area contributed by atoms with Crippen LogP contribution in [0.15, 0.2) is 23.1 Å². The van der Waals surface area contributed by atoms with Gasteiger partial charge in [0.25, 0.3) is 11.8 Å². The van der Waals surface area contributed by atoms with Crippen LogP contribution in [0.4, 0.5) is 26.7 Å². The highest BCUT2D eigenvalue weighted by Crippen LogP contribution is 2.43. The topological polar surface area (TPSA) is 131 Å². The third-order valence-electron chi connectivity index (χ3n) is 8.30. The number of amides is 3. The minimum absolute atomic E-state index is 0.0500. The number of aromatic nitrogens is 5. The summed E-state index contributed by atoms with van der Waals surface area (Å²) in [4.78, 5) is 31.2. The van der Waals surface area contributed by atoms with Gasteiger partial charge in [0.1, 0.15) is 5.69 Å². The lowest BCUT2D eigenvalue weighted by Gasteiger charge is -2.33. The van der Waals surface area contributed by atoms with Gasteiger partial charge in [0.15, 0.2) is 17.0 Å². The minimum Gasteiger partial charge on any atom is -0.342 e. The number of hydrogen-bond donors (Lipinski definition) is 2. The van der Waals surface area contributed by atoms with E-state index in [1.807, 2.05) is 5.32 Å². The average Bonchev–Trinajstić information content (AvgIpc) is 3.51. The highest BCUT2D eigenvalue weighted by Gasteiger charge is 2.54. The second-order valence-electron chi connectivity index (χ2n) is 11.7. The van der Waals surface area contributed by atoms with Crippen molar-refractivity contribution < 1.29 is 36.2 Å². The zero-order valence-electron chi connectivity index (χ0n) is 22.6. The molecule has 42 heavy (non-hydrogen) atoms. The fraction of sp³-hybridized carbons (Fsp3) is 0.615. The fourth-order valence-electron chi connectivity index (χ4n) is 5.56. The Morgan fingerprint density at radius 3 is 2.62 bits per heavy atom. The summed E-state index contributed by atoms with van der Waals surface area (Å²) in [7, 11) is 0. The van der Waals surface area contributed by atoms with Crippen LogP contribution in [0, 0.1) is 5.92 Å². The number of fused-ring (bicyclic) bond motifs is 1. The number of carbonyl (C=O) groups excluding carboxylic acids is 2. The molecule has 3 aromatic heterocycles. The van der Waals surface area contributed by atoms with Crippen LogP contribution in [-0.2, 0) is 6.54 Å². The van der Waals surface area contributed by atoms with Gasteiger partial charge in [-0.2, -0.15) is 5.10 Å². The van der Waals surface area contributed by atoms with Crippen molar-refractivity contribution in [3.8, 4) is 0 Å². The van der Waals surface area contributed by atoms with E-state index >= 15 is 0 Å². The maximum atomic E-state index is 14.8. The Kier molecular flexibility index (Phi) is 6.84. The van der Waals surface area contributed by atoms with E-state index in [2.05, 4.69) is 25.7 Å². The molecule has 4 heterocycles. The average molecular weight is 597 g/mol. The normalized spacial score (nSPS) is 25.2. The molecule has 16 heteroatoms. The van der Waals surface area contributed by atoms with E-state index in [-0.39, 0.29) is 49.8 Å². The van der Waals surface area contributed by atoms with E-state index in [1.165, 1.54) is 10.7 Å². The van der Waals surface area contributed by atoms with Gasteiger partial charge in [0, 0.05) is 25.3 Å². The Balaban J connectivity index is 1.26. The molecule has 2 atom stereocenters. The molecule has 0 radical (unpaired) electrons. The van der Waals surface area contributed by atoms with Gasteiger partial charge >= 0.3 is 6.03 Å². The van der Waals surface area contributed by atoms with Crippen molar-refractivity contribution in [2.24, 2.45) is 5.92 Å². The fourth-order valence-corrected chi connectivity index (χ4v) is 5.56. The van der Waals surface area contributed by atoms with Gasteiger partial charge in [-0.15, -0.1) is 0 Å². The van der Waals surface area contributed by atoms with Crippen LogP contribution in [0.2, 0.25) is 0 Å². The largest absolute Gasteiger partial charge is 0.342 e. The van der Waals surface area contributed by atoms with Crippen LogP contribution in [-0.4, -0.2) is 72.4 Å². The molecule has 3 aromatic rings. The number of imidazole rings is 1. The predicted molar refractivity (Wildman–Crippen MR) is 135 cm³/mol. The molecule has 11 nitrogen and oxygen atoms in total. The highest BCUT2D eigenvalue weighted by molar-refractivity contribution is 5.93. The molecule has 2 N–H and O–H groups in total. The molecule has 0 bridgehead atoms. The molecule has 0 spiro atoms. The third kappa shape index (κ3) is 5.50. The first kappa shape index (κ1) is 28.3. The van der Waals surface area contributed by atoms with Gasteiger partial charge in [-0.05, 0) is 55.3 Å². The third-order valence-corrected chi connectivity index (χ3v) is 8.30. The lowest BCUT2D eigenvalue weighted by Crippen LogP contribution is -2.49. The maximum Gasteiger partial charge on any atom is 0.318 e. The van der Waals surface area contributed by atoms with Crippen LogP contribution in [0.1, 0.15) is 84.8 Å². The van der Waals surface area contributed by atoms with Crippen molar-refractivity contribution >= 4 is 17.6 Å². The quantitative estimate of drug-likeness (QED) is 0.392. The maximum absolute atomic E-state index is 14.8. The lowest BCUT2D eigenvalue weighted by atomic mass is 9.81. The number of urea groups is 1. The predicted octanol–water partition coefficient (Wildman–Crippen LogP) is 4.18. The van der Waals surface area contributed by atoms with Crippen LogP contribution in [0.25, 0.3) is 5.65 Å². The van der Waals surface area contributed by atoms with Crippen molar-refractivity contribution in [2.45, 2.75) is 81.5 Å². The number of nitrogens with one attached hydrogen (secondary N) is 2. The standard InChI is InChI=1S/C26H29F5N8O3/c1-24(27)13-38(23(41)32-12-26(24,30)31)10-14-8-18-34-17(11-39(18)33-9-14)19(16-4-6-25(28,29)7-5-16)35-22(40)21-20(15-2-3-15)36-42-37-21/h8-9,11,15-16,19H,2-7,10,12-13H2,1H3,(H,32,41)(H,35,40). The van der Waals surface area contributed by atoms with Gasteiger partial charge in [-0.3, -0.25) is 4.79 Å². The molecule has 6 rings (SSSR count). The van der Waals surface area contributed by atoms with E-state index in [4.69, 9.17) is 4.63 Å². The first-order valence-electron chi connectivity index (χ1n) is 13.8. The van der Waals surface area contributed by atoms with E-state index < -0.39 is 48.6 Å². The molecule has 1 saturated heterocycles. The van der Waals surface area contributed by atoms with Crippen molar-refractivity contribution in [1.29, 1.82) is 0 Å². The molecule has 2 unspecified atom stereocenters. The van der Waals surface area contributed by atoms with E-state index in [9.17, 15) is 31.5 Å². The number of carbonyl (C=O) groups is 2. The van der Waals surface area contributed by atoms with E-state index in [0.717, 1.165) is 24.7 Å². The first-order valence-corrected chi connectivity index (χ1v) is 13.8. The van der Waals surface area contributed by atoms with Gasteiger partial charge in [0.05, 0.1) is 37.2 Å². The minimum atomic E-state index is -3.75. The monoisotopic (exact) mass is 596 g/mol. The Labute approximate surface area is 236 Å². The molecule has 3 aliphatic rings. The Morgan fingerprint density at radius 2 is 1.90 bits per heavy atom. The van der Waals surface area contributed by atoms with Crippen molar-refractivity contribution in [3.05, 3.63) is 41.1 Å². The zero-order chi connectivity index (χ0) is 29.9.